The maximum absolute atomic E-state index is 13.5. The third-order valence-corrected chi connectivity index (χ3v) is 21.4. The number of amides is 2. The standard InChI is InChI=1S/C30H36N8O3.C30H33N7O3.C24H26N8O2.3CH4/c1-29(2,40)19-41-22-14-23(27-21(15-31)17-35-38(27)18-22)20-5-6-26(34-16-20)36-12-8-30(32,9-13-36)28(39)37-11-7-24-25(37)4-3-10-33-24;1-29(2,39)20-40-24-15-25(27-22(16-31)18-34-37(27)19-24)21-9-10-26(33-17-21)36-13-11-30(32,12-14-36)28(38)35(3)23-7-5-4-6-8-23;1-23(2,33)16-34-19-8-20(22-18(9-25)11-29-32(22)12-19)17-4-5-21(27-10-17)30-13-24(26,14-30)15-31-7-3-6-28-31;;;/h3-6,10,16-17,22-23,40H,7-9,11-14,18-19,32H2,1-2H3;4-10,15,17-19,39H,11-14,20,32H2,1-3H3;3-8,10-12,33H,13-16,26H2,1-2H3;3*1H4. The molecule has 0 aliphatic carbocycles. The van der Waals surface area contributed by atoms with Crippen LogP contribution in [0, 0.1) is 34.0 Å². The summed E-state index contributed by atoms with van der Waals surface area (Å²) in [6.45, 7) is 16.2. The molecule has 2 amide bonds. The fourth-order valence-corrected chi connectivity index (χ4v) is 15.3. The Morgan fingerprint density at radius 1 is 0.585 bits per heavy atom. The molecule has 0 bridgehead atoms. The van der Waals surface area contributed by atoms with Crippen LogP contribution in [-0.4, -0.2) is 198 Å². The molecule has 0 radical (unpaired) electrons. The molecule has 0 saturated carbocycles. The van der Waals surface area contributed by atoms with Crippen molar-refractivity contribution >= 4 is 51.7 Å². The second kappa shape index (κ2) is 35.3. The Hall–Kier alpha value is -12.3. The Morgan fingerprint density at radius 2 is 1.11 bits per heavy atom. The summed E-state index contributed by atoms with van der Waals surface area (Å²) < 4.78 is 24.6. The van der Waals surface area contributed by atoms with Crippen molar-refractivity contribution in [2.24, 2.45) is 17.2 Å². The Balaban J connectivity index is 0.000000172. The Morgan fingerprint density at radius 3 is 1.61 bits per heavy atom. The number of hydrogen-bond acceptors (Lipinski definition) is 25. The highest BCUT2D eigenvalue weighted by atomic mass is 16.5. The van der Waals surface area contributed by atoms with Crippen LogP contribution in [-0.2, 0) is 33.8 Å². The summed E-state index contributed by atoms with van der Waals surface area (Å²) in [6.07, 6.45) is 22.2. The van der Waals surface area contributed by atoms with Crippen LogP contribution in [0.15, 0.2) is 165 Å². The molecule has 3 saturated heterocycles. The molecule has 1 aromatic carbocycles. The van der Waals surface area contributed by atoms with Crippen LogP contribution >= 0.6 is 0 Å². The van der Waals surface area contributed by atoms with Gasteiger partial charge in [-0.15, -0.1) is 0 Å². The van der Waals surface area contributed by atoms with Gasteiger partial charge >= 0.3 is 0 Å². The number of anilines is 5. The number of hydrogen-bond donors (Lipinski definition) is 6. The number of benzene rings is 1. The van der Waals surface area contributed by atoms with Gasteiger partial charge in [0.05, 0.1) is 135 Å². The van der Waals surface area contributed by atoms with E-state index in [1.165, 1.54) is 12.4 Å². The molecule has 118 heavy (non-hydrogen) atoms. The van der Waals surface area contributed by atoms with Gasteiger partial charge < -0.3 is 71.2 Å². The number of carbonyl (C=O) groups excluding carboxylic acids is 2. The van der Waals surface area contributed by atoms with Crippen LogP contribution in [0.3, 0.4) is 0 Å². The second-order valence-corrected chi connectivity index (χ2v) is 32.4. The third kappa shape index (κ3) is 19.2. The normalized spacial score (nSPS) is 17.0. The van der Waals surface area contributed by atoms with E-state index in [-0.39, 0.29) is 71.5 Å². The molecular formula is C87H107N23O8. The molecule has 2 unspecified atom stereocenters. The predicted molar refractivity (Wildman–Crippen MR) is 452 cm³/mol. The molecule has 618 valence electrons. The maximum Gasteiger partial charge on any atom is 0.247 e. The third-order valence-electron chi connectivity index (χ3n) is 21.4. The number of piperidine rings is 2. The highest BCUT2D eigenvalue weighted by Gasteiger charge is 2.45. The summed E-state index contributed by atoms with van der Waals surface area (Å²) >= 11 is 0. The highest BCUT2D eigenvalue weighted by Crippen LogP contribution is 2.40. The first-order valence-electron chi connectivity index (χ1n) is 38.4. The quantitative estimate of drug-likeness (QED) is 0.0414. The van der Waals surface area contributed by atoms with Gasteiger partial charge in [0.1, 0.15) is 60.4 Å². The van der Waals surface area contributed by atoms with Gasteiger partial charge in [-0.1, -0.05) is 46.5 Å². The van der Waals surface area contributed by atoms with E-state index >= 15 is 0 Å². The van der Waals surface area contributed by atoms with Gasteiger partial charge in [0.2, 0.25) is 11.8 Å². The number of ether oxygens (including phenoxy) is 3. The molecular weight excluding hydrogens is 1500 g/mol. The van der Waals surface area contributed by atoms with Crippen molar-refractivity contribution in [3.8, 4) is 52.0 Å². The fraction of sp³-hybridized carbons (Fsp3) is 0.414. The lowest BCUT2D eigenvalue weighted by atomic mass is 9.86. The fourth-order valence-electron chi connectivity index (χ4n) is 15.3. The Labute approximate surface area is 688 Å². The topological polar surface area (TPSA) is 410 Å². The van der Waals surface area contributed by atoms with Gasteiger partial charge in [0, 0.05) is 130 Å². The molecule has 31 heteroatoms. The van der Waals surface area contributed by atoms with Crippen molar-refractivity contribution in [2.45, 2.75) is 161 Å². The molecule has 3 fully saturated rings. The molecule has 0 spiro atoms. The summed E-state index contributed by atoms with van der Waals surface area (Å²) in [5.74, 6) is 3.28. The SMILES string of the molecule is C.C.C.CC(C)(O)COC1CC(c2ccc(N3CCC(N)(C(=O)N4CCc5ncccc54)CC3)nc2)c2c(C#N)cnn2C1.CC(C)(O)COc1cc(-c2ccc(N3CC(N)(Cn4cccn4)C3)nc2)c2c(C#N)cnn2c1.CN(C(=O)C1(N)CCN(c2ccc(-c3cc(OCC(C)(C)O)cn4ncc(C#N)c34)cn2)CC1)c1ccccc1. The van der Waals surface area contributed by atoms with Crippen LogP contribution in [0.2, 0.25) is 0 Å². The number of nitriles is 3. The summed E-state index contributed by atoms with van der Waals surface area (Å²) in [5.41, 5.74) is 25.1. The van der Waals surface area contributed by atoms with Gasteiger partial charge in [-0.3, -0.25) is 23.9 Å². The van der Waals surface area contributed by atoms with Crippen molar-refractivity contribution in [3.05, 3.63) is 199 Å². The number of aliphatic hydroxyl groups is 3. The molecule has 5 aliphatic heterocycles. The largest absolute Gasteiger partial charge is 0.489 e. The van der Waals surface area contributed by atoms with E-state index in [0.29, 0.717) is 130 Å². The van der Waals surface area contributed by atoms with E-state index in [1.54, 1.807) is 111 Å². The highest BCUT2D eigenvalue weighted by molar-refractivity contribution is 6.02. The number of rotatable bonds is 20. The van der Waals surface area contributed by atoms with Crippen molar-refractivity contribution in [3.63, 3.8) is 0 Å². The van der Waals surface area contributed by atoms with Gasteiger partial charge in [0.25, 0.3) is 0 Å². The van der Waals surface area contributed by atoms with E-state index in [0.717, 1.165) is 74.5 Å². The molecule has 2 atom stereocenters. The molecule has 10 aromatic heterocycles. The average Bonchev–Trinajstić information content (AvgIpc) is 1.46. The van der Waals surface area contributed by atoms with E-state index in [4.69, 9.17) is 41.4 Å². The van der Waals surface area contributed by atoms with Crippen molar-refractivity contribution < 1.29 is 39.1 Å². The molecule has 31 nitrogen and oxygen atoms in total. The van der Waals surface area contributed by atoms with Crippen LogP contribution in [0.25, 0.3) is 33.3 Å². The van der Waals surface area contributed by atoms with E-state index < -0.39 is 27.9 Å². The number of carbonyl (C=O) groups is 2. The summed E-state index contributed by atoms with van der Waals surface area (Å²) in [7, 11) is 1.76. The lowest BCUT2D eigenvalue weighted by molar-refractivity contribution is -0.124. The molecule has 5 aliphatic rings. The lowest BCUT2D eigenvalue weighted by Gasteiger charge is -2.48. The van der Waals surface area contributed by atoms with E-state index in [9.17, 15) is 40.7 Å². The van der Waals surface area contributed by atoms with Crippen LogP contribution in [0.5, 0.6) is 11.5 Å². The number of aromatic nitrogens is 12. The number of likely N-dealkylation sites (N-methyl/N-ethyl adjacent to an activating group) is 1. The summed E-state index contributed by atoms with van der Waals surface area (Å²) in [5, 5.41) is 76.4. The van der Waals surface area contributed by atoms with E-state index in [2.05, 4.69) is 63.3 Å². The zero-order valence-corrected chi connectivity index (χ0v) is 65.5. The van der Waals surface area contributed by atoms with Crippen molar-refractivity contribution in [1.29, 1.82) is 15.8 Å². The first-order valence-corrected chi connectivity index (χ1v) is 38.4. The summed E-state index contributed by atoms with van der Waals surface area (Å²) in [4.78, 5) is 55.2. The van der Waals surface area contributed by atoms with Gasteiger partial charge in [-0.25, -0.2) is 24.0 Å². The monoisotopic (exact) mass is 1600 g/mol. The van der Waals surface area contributed by atoms with Crippen molar-refractivity contribution in [1.82, 2.24) is 58.7 Å². The van der Waals surface area contributed by atoms with E-state index in [1.807, 2.05) is 119 Å². The van der Waals surface area contributed by atoms with Gasteiger partial charge in [0.15, 0.2) is 0 Å². The number of fused-ring (bicyclic) bond motifs is 4. The predicted octanol–water partition coefficient (Wildman–Crippen LogP) is 9.24. The maximum atomic E-state index is 13.5. The van der Waals surface area contributed by atoms with Crippen LogP contribution < -0.4 is 51.2 Å². The average molecular weight is 1600 g/mol. The Bertz CT molecular complexity index is 5420. The smallest absolute Gasteiger partial charge is 0.247 e. The second-order valence-electron chi connectivity index (χ2n) is 32.4. The number of pyridine rings is 6. The molecule has 9 N–H and O–H groups in total. The molecule has 16 rings (SSSR count). The molecule has 11 aromatic rings. The zero-order valence-electron chi connectivity index (χ0n) is 65.5. The number of nitrogens with zero attached hydrogens (tertiary/aromatic N) is 20. The molecule has 15 heterocycles. The minimum atomic E-state index is -1.00. The van der Waals surface area contributed by atoms with Gasteiger partial charge in [-0.2, -0.15) is 36.2 Å². The Kier molecular flexibility index (Phi) is 25.9. The van der Waals surface area contributed by atoms with Crippen molar-refractivity contribution in [2.75, 3.05) is 97.2 Å². The number of para-hydroxylation sites is 1. The minimum absolute atomic E-state index is 0. The first-order chi connectivity index (χ1) is 55.0. The lowest BCUT2D eigenvalue weighted by Crippen LogP contribution is -2.69. The minimum Gasteiger partial charge on any atom is -0.489 e. The first kappa shape index (κ1) is 86.6. The van der Waals surface area contributed by atoms with Crippen LogP contribution in [0.4, 0.5) is 28.8 Å². The van der Waals surface area contributed by atoms with Crippen LogP contribution in [0.1, 0.15) is 135 Å². The zero-order chi connectivity index (χ0) is 81.2. The van der Waals surface area contributed by atoms with Gasteiger partial charge in [-0.05, 0) is 152 Å². The summed E-state index contributed by atoms with van der Waals surface area (Å²) in [6, 6.07) is 37.4. The number of nitrogens with two attached hydrogens (primary N) is 3.